The van der Waals surface area contributed by atoms with Gasteiger partial charge >= 0.3 is 0 Å². The molecule has 212 valence electrons. The third-order valence-electron chi connectivity index (χ3n) is 6.66. The molecule has 0 aliphatic heterocycles. The van der Waals surface area contributed by atoms with Crippen LogP contribution in [0, 0.1) is 5.82 Å². The number of hydrogen-bond acceptors (Lipinski definition) is 5. The minimum absolute atomic E-state index is 0.00721. The lowest BCUT2D eigenvalue weighted by Gasteiger charge is -2.32. The average Bonchev–Trinajstić information content (AvgIpc) is 3.77. The van der Waals surface area contributed by atoms with E-state index in [1.54, 1.807) is 48.5 Å². The molecule has 8 nitrogen and oxygen atoms in total. The number of carbonyl (C=O) groups excluding carboxylic acids is 2. The Balaban J connectivity index is 1.54. The number of halogens is 1. The predicted octanol–water partition coefficient (Wildman–Crippen LogP) is 3.47. The molecule has 1 aliphatic rings. The van der Waals surface area contributed by atoms with Crippen LogP contribution in [0.3, 0.4) is 0 Å². The van der Waals surface area contributed by atoms with Gasteiger partial charge in [-0.15, -0.1) is 0 Å². The van der Waals surface area contributed by atoms with E-state index < -0.39 is 21.9 Å². The van der Waals surface area contributed by atoms with Crippen molar-refractivity contribution in [1.29, 1.82) is 0 Å². The Labute approximate surface area is 234 Å². The first-order valence-corrected chi connectivity index (χ1v) is 14.8. The van der Waals surface area contributed by atoms with E-state index >= 15 is 0 Å². The Morgan fingerprint density at radius 2 is 1.60 bits per heavy atom. The summed E-state index contributed by atoms with van der Waals surface area (Å²) in [5.41, 5.74) is 2.07. The van der Waals surface area contributed by atoms with E-state index in [-0.39, 0.29) is 48.9 Å². The summed E-state index contributed by atoms with van der Waals surface area (Å²) in [5.74, 6) is -1.07. The van der Waals surface area contributed by atoms with Crippen LogP contribution in [0.25, 0.3) is 0 Å². The van der Waals surface area contributed by atoms with Gasteiger partial charge in [-0.1, -0.05) is 54.6 Å². The zero-order chi connectivity index (χ0) is 28.5. The highest BCUT2D eigenvalue weighted by Gasteiger charge is 2.31. The molecule has 1 aliphatic carbocycles. The van der Waals surface area contributed by atoms with Gasteiger partial charge in [-0.05, 0) is 66.6 Å². The third kappa shape index (κ3) is 8.20. The van der Waals surface area contributed by atoms with E-state index in [1.165, 1.54) is 29.2 Å². The number of benzene rings is 3. The highest BCUT2D eigenvalue weighted by Crippen LogP contribution is 2.26. The number of aliphatic hydroxyl groups is 1. The van der Waals surface area contributed by atoms with Gasteiger partial charge in [0.15, 0.2) is 0 Å². The lowest BCUT2D eigenvalue weighted by molar-refractivity contribution is -0.141. The molecule has 1 fully saturated rings. The van der Waals surface area contributed by atoms with Gasteiger partial charge < -0.3 is 15.3 Å². The second kappa shape index (κ2) is 13.6. The van der Waals surface area contributed by atoms with Crippen molar-refractivity contribution in [3.8, 4) is 0 Å². The van der Waals surface area contributed by atoms with Crippen molar-refractivity contribution >= 4 is 21.8 Å². The number of nitrogens with one attached hydrogen (secondary N) is 2. The normalized spacial score (nSPS) is 13.9. The molecule has 0 radical (unpaired) electrons. The summed E-state index contributed by atoms with van der Waals surface area (Å²) in [7, 11) is -3.57. The Morgan fingerprint density at radius 1 is 0.950 bits per heavy atom. The third-order valence-corrected chi connectivity index (χ3v) is 8.19. The van der Waals surface area contributed by atoms with Gasteiger partial charge in [-0.2, -0.15) is 0 Å². The largest absolute Gasteiger partial charge is 0.396 e. The van der Waals surface area contributed by atoms with Crippen LogP contribution in [0.5, 0.6) is 0 Å². The minimum Gasteiger partial charge on any atom is -0.396 e. The SMILES string of the molecule is O=C(NCCCO)[C@@H](c1ccccc1)N(Cc1ccc(F)cc1)C(=O)CCc1ccc(S(=O)(=O)NC2CC2)cc1. The van der Waals surface area contributed by atoms with Gasteiger partial charge in [0.25, 0.3) is 0 Å². The lowest BCUT2D eigenvalue weighted by atomic mass is 10.0. The predicted molar refractivity (Wildman–Crippen MR) is 149 cm³/mol. The molecule has 4 rings (SSSR count). The molecule has 3 aromatic carbocycles. The number of hydrogen-bond donors (Lipinski definition) is 3. The summed E-state index contributed by atoms with van der Waals surface area (Å²) in [5, 5.41) is 12.0. The van der Waals surface area contributed by atoms with Crippen molar-refractivity contribution < 1.29 is 27.5 Å². The fourth-order valence-electron chi connectivity index (χ4n) is 4.32. The van der Waals surface area contributed by atoms with Crippen molar-refractivity contribution in [1.82, 2.24) is 14.9 Å². The summed E-state index contributed by atoms with van der Waals surface area (Å²) in [6.45, 7) is 0.253. The lowest BCUT2D eigenvalue weighted by Crippen LogP contribution is -2.43. The molecule has 3 N–H and O–H groups in total. The van der Waals surface area contributed by atoms with Crippen LogP contribution in [0.1, 0.15) is 48.4 Å². The first kappa shape index (κ1) is 29.4. The summed E-state index contributed by atoms with van der Waals surface area (Å²) >= 11 is 0. The first-order valence-electron chi connectivity index (χ1n) is 13.4. The molecule has 3 aromatic rings. The number of aryl methyl sites for hydroxylation is 1. The number of carbonyl (C=O) groups is 2. The van der Waals surface area contributed by atoms with Crippen LogP contribution in [-0.4, -0.2) is 49.4 Å². The molecule has 0 saturated heterocycles. The quantitative estimate of drug-likeness (QED) is 0.258. The van der Waals surface area contributed by atoms with E-state index in [0.717, 1.165) is 18.4 Å². The Hall–Kier alpha value is -3.60. The van der Waals surface area contributed by atoms with Crippen molar-refractivity contribution in [3.05, 3.63) is 101 Å². The van der Waals surface area contributed by atoms with Crippen molar-refractivity contribution in [2.24, 2.45) is 0 Å². The van der Waals surface area contributed by atoms with Gasteiger partial charge in [-0.3, -0.25) is 9.59 Å². The molecule has 0 aromatic heterocycles. The summed E-state index contributed by atoms with van der Waals surface area (Å²) < 4.78 is 41.2. The maximum absolute atomic E-state index is 13.7. The summed E-state index contributed by atoms with van der Waals surface area (Å²) in [4.78, 5) is 28.8. The summed E-state index contributed by atoms with van der Waals surface area (Å²) in [6.07, 6.45) is 2.47. The van der Waals surface area contributed by atoms with E-state index in [0.29, 0.717) is 24.0 Å². The second-order valence-electron chi connectivity index (χ2n) is 9.87. The topological polar surface area (TPSA) is 116 Å². The highest BCUT2D eigenvalue weighted by atomic mass is 32.2. The molecule has 0 unspecified atom stereocenters. The Kier molecular flexibility index (Phi) is 10.0. The number of rotatable bonds is 14. The Morgan fingerprint density at radius 3 is 2.23 bits per heavy atom. The minimum atomic E-state index is -3.57. The second-order valence-corrected chi connectivity index (χ2v) is 11.6. The highest BCUT2D eigenvalue weighted by molar-refractivity contribution is 7.89. The molecular weight excluding hydrogens is 533 g/mol. The van der Waals surface area contributed by atoms with Crippen molar-refractivity contribution in [2.45, 2.75) is 55.6 Å². The van der Waals surface area contributed by atoms with Crippen LogP contribution in [0.2, 0.25) is 0 Å². The fourth-order valence-corrected chi connectivity index (χ4v) is 5.63. The molecular formula is C30H34FN3O5S. The number of sulfonamides is 1. The van der Waals surface area contributed by atoms with E-state index in [9.17, 15) is 22.4 Å². The van der Waals surface area contributed by atoms with Crippen LogP contribution in [-0.2, 0) is 32.6 Å². The van der Waals surface area contributed by atoms with E-state index in [4.69, 9.17) is 5.11 Å². The molecule has 0 spiro atoms. The van der Waals surface area contributed by atoms with E-state index in [1.807, 2.05) is 6.07 Å². The summed E-state index contributed by atoms with van der Waals surface area (Å²) in [6, 6.07) is 20.2. The number of amides is 2. The Bertz CT molecular complexity index is 1380. The van der Waals surface area contributed by atoms with Crippen LogP contribution >= 0.6 is 0 Å². The molecule has 0 heterocycles. The molecule has 40 heavy (non-hydrogen) atoms. The van der Waals surface area contributed by atoms with Crippen molar-refractivity contribution in [3.63, 3.8) is 0 Å². The maximum Gasteiger partial charge on any atom is 0.247 e. The standard InChI is InChI=1S/C30H34FN3O5S/c31-25-12-7-23(8-13-25)21-34(29(24-5-2-1-3-6-24)30(37)32-19-4-20-35)28(36)18-11-22-9-16-27(17-10-22)40(38,39)33-26-14-15-26/h1-3,5-10,12-13,16-17,26,29,33,35H,4,11,14-15,18-21H2,(H,32,37)/t29-/m1/s1. The van der Waals surface area contributed by atoms with E-state index in [2.05, 4.69) is 10.0 Å². The maximum atomic E-state index is 13.7. The van der Waals surface area contributed by atoms with Crippen molar-refractivity contribution in [2.75, 3.05) is 13.2 Å². The zero-order valence-electron chi connectivity index (χ0n) is 22.1. The average molecular weight is 568 g/mol. The van der Waals surface area contributed by atoms with Gasteiger partial charge in [0.1, 0.15) is 11.9 Å². The van der Waals surface area contributed by atoms with Crippen LogP contribution < -0.4 is 10.0 Å². The number of aliphatic hydroxyl groups excluding tert-OH is 1. The van der Waals surface area contributed by atoms with Gasteiger partial charge in [0.2, 0.25) is 21.8 Å². The van der Waals surface area contributed by atoms with Gasteiger partial charge in [0, 0.05) is 32.2 Å². The zero-order valence-corrected chi connectivity index (χ0v) is 22.9. The molecule has 0 bridgehead atoms. The van der Waals surface area contributed by atoms with Gasteiger partial charge in [-0.25, -0.2) is 17.5 Å². The number of nitrogens with zero attached hydrogens (tertiary/aromatic N) is 1. The molecule has 2 amide bonds. The first-order chi connectivity index (χ1) is 19.3. The monoisotopic (exact) mass is 567 g/mol. The molecule has 1 saturated carbocycles. The molecule has 10 heteroatoms. The van der Waals surface area contributed by atoms with Crippen LogP contribution in [0.4, 0.5) is 4.39 Å². The smallest absolute Gasteiger partial charge is 0.247 e. The van der Waals surface area contributed by atoms with Crippen LogP contribution in [0.15, 0.2) is 83.8 Å². The fraction of sp³-hybridized carbons (Fsp3) is 0.333. The molecule has 1 atom stereocenters. The van der Waals surface area contributed by atoms with Gasteiger partial charge in [0.05, 0.1) is 4.90 Å².